The van der Waals surface area contributed by atoms with Crippen molar-refractivity contribution >= 4 is 11.9 Å². The van der Waals surface area contributed by atoms with E-state index in [9.17, 15) is 9.59 Å². The second kappa shape index (κ2) is 7.14. The second-order valence-corrected chi connectivity index (χ2v) is 4.78. The van der Waals surface area contributed by atoms with E-state index in [1.165, 1.54) is 6.20 Å². The van der Waals surface area contributed by atoms with Gasteiger partial charge in [-0.25, -0.2) is 4.68 Å². The van der Waals surface area contributed by atoms with Crippen LogP contribution >= 0.6 is 0 Å². The number of carbonyl (C=O) groups excluding carboxylic acids is 1. The van der Waals surface area contributed by atoms with Gasteiger partial charge in [-0.15, -0.1) is 5.10 Å². The van der Waals surface area contributed by atoms with Gasteiger partial charge in [-0.05, 0) is 12.8 Å². The molecule has 0 spiro atoms. The minimum Gasteiger partial charge on any atom is -0.480 e. The van der Waals surface area contributed by atoms with Crippen LogP contribution in [0.1, 0.15) is 23.3 Å². The Hall–Kier alpha value is -2.00. The maximum Gasteiger partial charge on any atom is 0.325 e. The van der Waals surface area contributed by atoms with Gasteiger partial charge in [0, 0.05) is 13.1 Å². The molecule has 0 aliphatic carbocycles. The van der Waals surface area contributed by atoms with Crippen molar-refractivity contribution in [1.82, 2.24) is 19.9 Å². The van der Waals surface area contributed by atoms with E-state index in [-0.39, 0.29) is 30.9 Å². The number of aromatic nitrogens is 3. The third kappa shape index (κ3) is 4.23. The molecule has 1 amide bonds. The number of likely N-dealkylation sites (tertiary alicyclic amines) is 1. The highest BCUT2D eigenvalue weighted by Crippen LogP contribution is 2.15. The molecule has 0 unspecified atom stereocenters. The van der Waals surface area contributed by atoms with Gasteiger partial charge in [-0.1, -0.05) is 5.21 Å². The van der Waals surface area contributed by atoms with Gasteiger partial charge >= 0.3 is 5.97 Å². The summed E-state index contributed by atoms with van der Waals surface area (Å²) in [5, 5.41) is 24.7. The van der Waals surface area contributed by atoms with Crippen molar-refractivity contribution in [3.8, 4) is 0 Å². The summed E-state index contributed by atoms with van der Waals surface area (Å²) < 4.78 is 6.55. The molecule has 9 heteroatoms. The average molecular weight is 298 g/mol. The van der Waals surface area contributed by atoms with Gasteiger partial charge in [0.05, 0.1) is 25.5 Å². The largest absolute Gasteiger partial charge is 0.480 e. The lowest BCUT2D eigenvalue weighted by Gasteiger charge is -2.31. The molecule has 2 rings (SSSR count). The van der Waals surface area contributed by atoms with Crippen molar-refractivity contribution in [3.63, 3.8) is 0 Å². The molecule has 0 bridgehead atoms. The maximum absolute atomic E-state index is 12.2. The third-order valence-corrected chi connectivity index (χ3v) is 3.23. The standard InChI is InChI=1S/C12H18N4O5/c17-5-6-21-9-1-3-15(4-2-9)12(20)10-7-16(14-13-10)8-11(18)19/h7,9,17H,1-6,8H2,(H,18,19). The number of aliphatic hydroxyl groups excluding tert-OH is 1. The molecule has 1 saturated heterocycles. The Morgan fingerprint density at radius 3 is 2.71 bits per heavy atom. The Labute approximate surface area is 121 Å². The van der Waals surface area contributed by atoms with Gasteiger partial charge in [0.25, 0.3) is 5.91 Å². The van der Waals surface area contributed by atoms with E-state index < -0.39 is 5.97 Å². The van der Waals surface area contributed by atoms with E-state index in [2.05, 4.69) is 10.3 Å². The minimum absolute atomic E-state index is 0.00811. The highest BCUT2D eigenvalue weighted by atomic mass is 16.5. The van der Waals surface area contributed by atoms with Gasteiger partial charge in [-0.2, -0.15) is 0 Å². The van der Waals surface area contributed by atoms with Gasteiger partial charge in [0.15, 0.2) is 5.69 Å². The zero-order valence-electron chi connectivity index (χ0n) is 11.5. The van der Waals surface area contributed by atoms with Gasteiger partial charge in [0.1, 0.15) is 6.54 Å². The van der Waals surface area contributed by atoms with Crippen molar-refractivity contribution in [2.24, 2.45) is 0 Å². The summed E-state index contributed by atoms with van der Waals surface area (Å²) in [6.07, 6.45) is 2.80. The third-order valence-electron chi connectivity index (χ3n) is 3.23. The van der Waals surface area contributed by atoms with Crippen molar-refractivity contribution in [1.29, 1.82) is 0 Å². The van der Waals surface area contributed by atoms with E-state index in [0.29, 0.717) is 32.5 Å². The molecule has 2 heterocycles. The Kier molecular flexibility index (Phi) is 5.23. The van der Waals surface area contributed by atoms with Gasteiger partial charge in [-0.3, -0.25) is 9.59 Å². The molecule has 116 valence electrons. The zero-order chi connectivity index (χ0) is 15.2. The first-order valence-corrected chi connectivity index (χ1v) is 6.74. The lowest BCUT2D eigenvalue weighted by atomic mass is 10.1. The topological polar surface area (TPSA) is 118 Å². The number of amides is 1. The fourth-order valence-corrected chi connectivity index (χ4v) is 2.22. The fourth-order valence-electron chi connectivity index (χ4n) is 2.22. The predicted molar refractivity (Wildman–Crippen MR) is 69.6 cm³/mol. The molecule has 2 N–H and O–H groups in total. The molecule has 0 aromatic carbocycles. The number of hydrogen-bond donors (Lipinski definition) is 2. The van der Waals surface area contributed by atoms with Crippen molar-refractivity contribution in [2.45, 2.75) is 25.5 Å². The molecule has 9 nitrogen and oxygen atoms in total. The Morgan fingerprint density at radius 1 is 1.38 bits per heavy atom. The highest BCUT2D eigenvalue weighted by Gasteiger charge is 2.25. The molecule has 0 radical (unpaired) electrons. The van der Waals surface area contributed by atoms with Crippen molar-refractivity contribution < 1.29 is 24.5 Å². The van der Waals surface area contributed by atoms with E-state index in [1.54, 1.807) is 4.90 Å². The molecule has 1 aliphatic rings. The van der Waals surface area contributed by atoms with Crippen molar-refractivity contribution in [2.75, 3.05) is 26.3 Å². The van der Waals surface area contributed by atoms with Gasteiger partial charge < -0.3 is 19.8 Å². The summed E-state index contributed by atoms with van der Waals surface area (Å²) in [5.41, 5.74) is 0.144. The molecule has 1 fully saturated rings. The monoisotopic (exact) mass is 298 g/mol. The highest BCUT2D eigenvalue weighted by molar-refractivity contribution is 5.92. The zero-order valence-corrected chi connectivity index (χ0v) is 11.5. The van der Waals surface area contributed by atoms with E-state index in [4.69, 9.17) is 14.9 Å². The first-order chi connectivity index (χ1) is 10.1. The molecule has 1 aromatic heterocycles. The SMILES string of the molecule is O=C(O)Cn1cc(C(=O)N2CCC(OCCO)CC2)nn1. The maximum atomic E-state index is 12.2. The van der Waals surface area contributed by atoms with E-state index >= 15 is 0 Å². The minimum atomic E-state index is -1.04. The number of carboxylic acid groups (broad SMARTS) is 1. The Morgan fingerprint density at radius 2 is 2.10 bits per heavy atom. The quantitative estimate of drug-likeness (QED) is 0.690. The number of aliphatic carboxylic acids is 1. The number of piperidine rings is 1. The average Bonchev–Trinajstić information content (AvgIpc) is 2.92. The molecule has 1 aliphatic heterocycles. The Bertz CT molecular complexity index is 496. The lowest BCUT2D eigenvalue weighted by molar-refractivity contribution is -0.137. The van der Waals surface area contributed by atoms with Crippen LogP contribution in [0.25, 0.3) is 0 Å². The summed E-state index contributed by atoms with van der Waals surface area (Å²) >= 11 is 0. The molecular formula is C12H18N4O5. The smallest absolute Gasteiger partial charge is 0.325 e. The van der Waals surface area contributed by atoms with Crippen LogP contribution in [0.5, 0.6) is 0 Å². The van der Waals surface area contributed by atoms with Gasteiger partial charge in [0.2, 0.25) is 0 Å². The molecule has 1 aromatic rings. The number of carboxylic acids is 1. The Balaban J connectivity index is 1.86. The number of rotatable bonds is 6. The summed E-state index contributed by atoms with van der Waals surface area (Å²) in [7, 11) is 0. The van der Waals surface area contributed by atoms with Crippen LogP contribution in [0.15, 0.2) is 6.20 Å². The van der Waals surface area contributed by atoms with Crippen LogP contribution in [0.2, 0.25) is 0 Å². The number of ether oxygens (including phenoxy) is 1. The van der Waals surface area contributed by atoms with Crippen LogP contribution < -0.4 is 0 Å². The molecule has 21 heavy (non-hydrogen) atoms. The summed E-state index contributed by atoms with van der Waals surface area (Å²) in [6, 6.07) is 0. The number of hydrogen-bond acceptors (Lipinski definition) is 6. The molecule has 0 saturated carbocycles. The van der Waals surface area contributed by atoms with Crippen LogP contribution in [0.3, 0.4) is 0 Å². The van der Waals surface area contributed by atoms with Crippen LogP contribution in [-0.2, 0) is 16.1 Å². The summed E-state index contributed by atoms with van der Waals surface area (Å²) in [6.45, 7) is 1.06. The number of aliphatic hydroxyl groups is 1. The number of nitrogens with zero attached hydrogens (tertiary/aromatic N) is 4. The van der Waals surface area contributed by atoms with Crippen LogP contribution in [0.4, 0.5) is 0 Å². The van der Waals surface area contributed by atoms with Crippen molar-refractivity contribution in [3.05, 3.63) is 11.9 Å². The van der Waals surface area contributed by atoms with E-state index in [1.807, 2.05) is 0 Å². The molecular weight excluding hydrogens is 280 g/mol. The number of carbonyl (C=O) groups is 2. The summed E-state index contributed by atoms with van der Waals surface area (Å²) in [4.78, 5) is 24.4. The van der Waals surface area contributed by atoms with E-state index in [0.717, 1.165) is 4.68 Å². The fraction of sp³-hybridized carbons (Fsp3) is 0.667. The predicted octanol–water partition coefficient (Wildman–Crippen LogP) is -1.02. The summed E-state index contributed by atoms with van der Waals surface area (Å²) in [5.74, 6) is -1.30. The first-order valence-electron chi connectivity index (χ1n) is 6.74. The molecule has 0 atom stereocenters. The second-order valence-electron chi connectivity index (χ2n) is 4.78. The first kappa shape index (κ1) is 15.4. The van der Waals surface area contributed by atoms with Crippen LogP contribution in [-0.4, -0.2) is 74.4 Å². The lowest BCUT2D eigenvalue weighted by Crippen LogP contribution is -2.41. The normalized spacial score (nSPS) is 16.1. The van der Waals surface area contributed by atoms with Crippen LogP contribution in [0, 0.1) is 0 Å².